The Morgan fingerprint density at radius 2 is 1.90 bits per heavy atom. The van der Waals surface area contributed by atoms with Crippen LogP contribution >= 0.6 is 0 Å². The van der Waals surface area contributed by atoms with E-state index in [0.717, 1.165) is 17.7 Å². The Hall–Kier alpha value is -1.55. The van der Waals surface area contributed by atoms with Crippen LogP contribution in [-0.2, 0) is 4.79 Å². The fraction of sp³-hybridized carbons (Fsp3) is 0.562. The number of aliphatic carboxylic acids is 1. The number of unbranched alkanes of at least 4 members (excludes halogenated alkanes) is 3. The van der Waals surface area contributed by atoms with Crippen LogP contribution < -0.4 is 4.74 Å². The quantitative estimate of drug-likeness (QED) is 0.643. The van der Waals surface area contributed by atoms with Gasteiger partial charge in [0.25, 0.3) is 0 Å². The predicted molar refractivity (Wildman–Crippen MR) is 77.9 cm³/mol. The second-order valence-electron chi connectivity index (χ2n) is 4.93. The zero-order valence-electron chi connectivity index (χ0n) is 12.0. The van der Waals surface area contributed by atoms with Crippen LogP contribution in [0.5, 0.6) is 5.75 Å². The highest BCUT2D eigenvalue weighted by Crippen LogP contribution is 2.21. The van der Waals surface area contributed by atoms with Gasteiger partial charge in [-0.15, -0.1) is 0 Å². The summed E-state index contributed by atoms with van der Waals surface area (Å²) in [6.07, 6.45) is 4.15. The Morgan fingerprint density at radius 1 is 1.20 bits per heavy atom. The molecule has 1 rings (SSSR count). The molecule has 2 N–H and O–H groups in total. The largest absolute Gasteiger partial charge is 0.494 e. The standard InChI is InChI=1S/C16H24O4/c1-2-3-4-5-12-20-14-8-6-13(7-9-14)15(17)10-11-16(18)19/h6-9,15,17H,2-5,10-12H2,1H3,(H,18,19)/t15-/m0/s1. The number of carboxylic acid groups (broad SMARTS) is 1. The lowest BCUT2D eigenvalue weighted by Crippen LogP contribution is -2.03. The number of carbonyl (C=O) groups is 1. The average molecular weight is 280 g/mol. The summed E-state index contributed by atoms with van der Waals surface area (Å²) >= 11 is 0. The molecule has 0 radical (unpaired) electrons. The fourth-order valence-corrected chi connectivity index (χ4v) is 1.93. The SMILES string of the molecule is CCCCCCOc1ccc([C@@H](O)CCC(=O)O)cc1. The van der Waals surface area contributed by atoms with Crippen molar-refractivity contribution in [1.29, 1.82) is 0 Å². The average Bonchev–Trinajstić information content (AvgIpc) is 2.45. The summed E-state index contributed by atoms with van der Waals surface area (Å²) in [6.45, 7) is 2.89. The molecule has 0 unspecified atom stereocenters. The van der Waals surface area contributed by atoms with Crippen molar-refractivity contribution in [2.45, 2.75) is 51.6 Å². The molecule has 0 amide bonds. The van der Waals surface area contributed by atoms with Crippen LogP contribution in [0.1, 0.15) is 57.1 Å². The van der Waals surface area contributed by atoms with Gasteiger partial charge >= 0.3 is 5.97 Å². The molecule has 0 heterocycles. The summed E-state index contributed by atoms with van der Waals surface area (Å²) in [7, 11) is 0. The van der Waals surface area contributed by atoms with Gasteiger partial charge in [0, 0.05) is 6.42 Å². The number of hydrogen-bond donors (Lipinski definition) is 2. The van der Waals surface area contributed by atoms with E-state index in [2.05, 4.69) is 6.92 Å². The lowest BCUT2D eigenvalue weighted by atomic mass is 10.1. The van der Waals surface area contributed by atoms with Gasteiger partial charge < -0.3 is 14.9 Å². The molecule has 20 heavy (non-hydrogen) atoms. The van der Waals surface area contributed by atoms with E-state index in [9.17, 15) is 9.90 Å². The Labute approximate surface area is 120 Å². The van der Waals surface area contributed by atoms with Crippen molar-refractivity contribution in [3.05, 3.63) is 29.8 Å². The fourth-order valence-electron chi connectivity index (χ4n) is 1.93. The van der Waals surface area contributed by atoms with Gasteiger partial charge in [-0.2, -0.15) is 0 Å². The van der Waals surface area contributed by atoms with Crippen LogP contribution in [0.15, 0.2) is 24.3 Å². The van der Waals surface area contributed by atoms with Crippen LogP contribution in [0.2, 0.25) is 0 Å². The number of benzene rings is 1. The van der Waals surface area contributed by atoms with Gasteiger partial charge in [0.05, 0.1) is 12.7 Å². The minimum Gasteiger partial charge on any atom is -0.494 e. The second-order valence-corrected chi connectivity index (χ2v) is 4.93. The van der Waals surface area contributed by atoms with Crippen LogP contribution in [0.25, 0.3) is 0 Å². The van der Waals surface area contributed by atoms with Crippen LogP contribution in [0.3, 0.4) is 0 Å². The summed E-state index contributed by atoms with van der Waals surface area (Å²) in [5, 5.41) is 18.4. The molecule has 112 valence electrons. The molecule has 0 spiro atoms. The van der Waals surface area contributed by atoms with E-state index in [1.165, 1.54) is 19.3 Å². The van der Waals surface area contributed by atoms with Crippen molar-refractivity contribution >= 4 is 5.97 Å². The highest BCUT2D eigenvalue weighted by atomic mass is 16.5. The van der Waals surface area contributed by atoms with Gasteiger partial charge in [0.2, 0.25) is 0 Å². The molecular weight excluding hydrogens is 256 g/mol. The lowest BCUT2D eigenvalue weighted by molar-refractivity contribution is -0.137. The monoisotopic (exact) mass is 280 g/mol. The first-order chi connectivity index (χ1) is 9.63. The Morgan fingerprint density at radius 3 is 2.50 bits per heavy atom. The Balaban J connectivity index is 2.33. The normalized spacial score (nSPS) is 12.1. The number of hydrogen-bond acceptors (Lipinski definition) is 3. The van der Waals surface area contributed by atoms with Gasteiger partial charge in [-0.1, -0.05) is 38.3 Å². The van der Waals surface area contributed by atoms with E-state index < -0.39 is 12.1 Å². The highest BCUT2D eigenvalue weighted by Gasteiger charge is 2.09. The van der Waals surface area contributed by atoms with E-state index >= 15 is 0 Å². The minimum atomic E-state index is -0.893. The molecule has 0 saturated carbocycles. The van der Waals surface area contributed by atoms with Crippen molar-refractivity contribution in [3.8, 4) is 5.75 Å². The first-order valence-electron chi connectivity index (χ1n) is 7.26. The minimum absolute atomic E-state index is 0.0309. The number of rotatable bonds is 10. The van der Waals surface area contributed by atoms with Crippen LogP contribution in [-0.4, -0.2) is 22.8 Å². The first-order valence-corrected chi connectivity index (χ1v) is 7.26. The Bertz CT molecular complexity index is 386. The Kier molecular flexibility index (Phi) is 7.73. The zero-order valence-corrected chi connectivity index (χ0v) is 12.0. The molecular formula is C16H24O4. The van der Waals surface area contributed by atoms with Gasteiger partial charge in [0.15, 0.2) is 0 Å². The molecule has 1 aromatic rings. The van der Waals surface area contributed by atoms with Gasteiger partial charge in [0.1, 0.15) is 5.75 Å². The molecule has 0 fully saturated rings. The van der Waals surface area contributed by atoms with Crippen molar-refractivity contribution in [3.63, 3.8) is 0 Å². The van der Waals surface area contributed by atoms with Crippen LogP contribution in [0, 0.1) is 0 Å². The molecule has 0 aliphatic rings. The number of ether oxygens (including phenoxy) is 1. The third-order valence-corrected chi connectivity index (χ3v) is 3.16. The van der Waals surface area contributed by atoms with Crippen molar-refractivity contribution in [1.82, 2.24) is 0 Å². The summed E-state index contributed by atoms with van der Waals surface area (Å²) in [5.41, 5.74) is 0.726. The van der Waals surface area contributed by atoms with E-state index in [0.29, 0.717) is 6.61 Å². The molecule has 1 aromatic carbocycles. The van der Waals surface area contributed by atoms with E-state index in [1.54, 1.807) is 12.1 Å². The molecule has 4 heteroatoms. The molecule has 0 aliphatic carbocycles. The van der Waals surface area contributed by atoms with Gasteiger partial charge in [-0.05, 0) is 30.5 Å². The van der Waals surface area contributed by atoms with Crippen LogP contribution in [0.4, 0.5) is 0 Å². The van der Waals surface area contributed by atoms with Crippen molar-refractivity contribution in [2.75, 3.05) is 6.61 Å². The summed E-state index contributed by atoms with van der Waals surface area (Å²) in [5.74, 6) is -0.105. The third kappa shape index (κ3) is 6.57. The molecule has 0 bridgehead atoms. The van der Waals surface area contributed by atoms with Gasteiger partial charge in [-0.3, -0.25) is 4.79 Å². The zero-order chi connectivity index (χ0) is 14.8. The molecule has 0 saturated heterocycles. The summed E-state index contributed by atoms with van der Waals surface area (Å²) in [4.78, 5) is 10.5. The second kappa shape index (κ2) is 9.37. The molecule has 0 aromatic heterocycles. The molecule has 1 atom stereocenters. The maximum absolute atomic E-state index is 10.5. The predicted octanol–water partition coefficient (Wildman–Crippen LogP) is 3.54. The number of aliphatic hydroxyl groups excluding tert-OH is 1. The van der Waals surface area contributed by atoms with E-state index in [1.807, 2.05) is 12.1 Å². The van der Waals surface area contributed by atoms with Crippen molar-refractivity contribution < 1.29 is 19.7 Å². The lowest BCUT2D eigenvalue weighted by Gasteiger charge is -2.11. The molecule has 4 nitrogen and oxygen atoms in total. The highest BCUT2D eigenvalue weighted by molar-refractivity contribution is 5.66. The maximum atomic E-state index is 10.5. The first kappa shape index (κ1) is 16.5. The van der Waals surface area contributed by atoms with E-state index in [-0.39, 0.29) is 12.8 Å². The van der Waals surface area contributed by atoms with Gasteiger partial charge in [-0.25, -0.2) is 0 Å². The molecule has 0 aliphatic heterocycles. The summed E-state index contributed by atoms with van der Waals surface area (Å²) < 4.78 is 5.61. The maximum Gasteiger partial charge on any atom is 0.303 e. The van der Waals surface area contributed by atoms with Crippen molar-refractivity contribution in [2.24, 2.45) is 0 Å². The topological polar surface area (TPSA) is 66.8 Å². The number of aliphatic hydroxyl groups is 1. The smallest absolute Gasteiger partial charge is 0.303 e. The third-order valence-electron chi connectivity index (χ3n) is 3.16. The summed E-state index contributed by atoms with van der Waals surface area (Å²) in [6, 6.07) is 7.21. The van der Waals surface area contributed by atoms with E-state index in [4.69, 9.17) is 9.84 Å². The number of carboxylic acids is 1.